The molecular weight excluding hydrogens is 404 g/mol. The highest BCUT2D eigenvalue weighted by Gasteiger charge is 2.38. The van der Waals surface area contributed by atoms with Crippen LogP contribution in [0.4, 0.5) is 16.2 Å². The van der Waals surface area contributed by atoms with Crippen molar-refractivity contribution >= 4 is 23.3 Å². The molecule has 2 aromatic rings. The third-order valence-corrected chi connectivity index (χ3v) is 6.46. The van der Waals surface area contributed by atoms with Crippen LogP contribution < -0.4 is 16.0 Å². The largest absolute Gasteiger partial charge is 0.379 e. The van der Waals surface area contributed by atoms with Crippen LogP contribution in [0.15, 0.2) is 54.6 Å². The van der Waals surface area contributed by atoms with E-state index in [2.05, 4.69) is 20.9 Å². The Morgan fingerprint density at radius 2 is 1.56 bits per heavy atom. The lowest BCUT2D eigenvalue weighted by Crippen LogP contribution is -2.60. The Kier molecular flexibility index (Phi) is 7.39. The predicted octanol–water partition coefficient (Wildman–Crippen LogP) is 4.10. The topological polar surface area (TPSA) is 82.7 Å². The summed E-state index contributed by atoms with van der Waals surface area (Å²) >= 11 is 0. The van der Waals surface area contributed by atoms with E-state index in [1.807, 2.05) is 30.3 Å². The summed E-state index contributed by atoms with van der Waals surface area (Å²) in [6, 6.07) is 16.0. The third kappa shape index (κ3) is 5.66. The highest BCUT2D eigenvalue weighted by Crippen LogP contribution is 2.34. The van der Waals surface area contributed by atoms with Gasteiger partial charge in [-0.2, -0.15) is 0 Å². The summed E-state index contributed by atoms with van der Waals surface area (Å²) in [5.74, 6) is -0.183. The molecule has 1 aliphatic carbocycles. The Hall–Kier alpha value is -2.90. The van der Waals surface area contributed by atoms with Crippen molar-refractivity contribution < 1.29 is 14.3 Å². The van der Waals surface area contributed by atoms with Gasteiger partial charge in [0.15, 0.2) is 0 Å². The van der Waals surface area contributed by atoms with Gasteiger partial charge in [-0.15, -0.1) is 0 Å². The quantitative estimate of drug-likeness (QED) is 0.637. The van der Waals surface area contributed by atoms with Crippen LogP contribution in [0, 0.1) is 0 Å². The Morgan fingerprint density at radius 3 is 2.28 bits per heavy atom. The molecular formula is C25H32N4O3. The number of anilines is 2. The molecule has 1 saturated carbocycles. The molecule has 0 aromatic heterocycles. The number of ether oxygens (including phenoxy) is 1. The smallest absolute Gasteiger partial charge is 0.319 e. The first-order chi connectivity index (χ1) is 15.6. The van der Waals surface area contributed by atoms with Gasteiger partial charge in [-0.1, -0.05) is 43.5 Å². The van der Waals surface area contributed by atoms with Crippen LogP contribution in [0.3, 0.4) is 0 Å². The lowest BCUT2D eigenvalue weighted by Gasteiger charge is -2.48. The first kappa shape index (κ1) is 22.3. The molecule has 170 valence electrons. The van der Waals surface area contributed by atoms with Crippen molar-refractivity contribution in [2.24, 2.45) is 0 Å². The molecule has 7 nitrogen and oxygen atoms in total. The zero-order chi connectivity index (χ0) is 22.2. The summed E-state index contributed by atoms with van der Waals surface area (Å²) < 4.78 is 5.54. The molecule has 0 radical (unpaired) electrons. The number of rotatable bonds is 6. The highest BCUT2D eigenvalue weighted by atomic mass is 16.5. The average molecular weight is 437 g/mol. The average Bonchev–Trinajstić information content (AvgIpc) is 2.85. The van der Waals surface area contributed by atoms with Crippen molar-refractivity contribution in [2.45, 2.75) is 37.6 Å². The van der Waals surface area contributed by atoms with Crippen LogP contribution in [0.1, 0.15) is 42.5 Å². The number of nitrogens with one attached hydrogen (secondary N) is 3. The van der Waals surface area contributed by atoms with Crippen molar-refractivity contribution in [1.29, 1.82) is 0 Å². The molecule has 1 saturated heterocycles. The van der Waals surface area contributed by atoms with E-state index >= 15 is 0 Å². The minimum Gasteiger partial charge on any atom is -0.379 e. The third-order valence-electron chi connectivity index (χ3n) is 6.46. The van der Waals surface area contributed by atoms with Crippen molar-refractivity contribution in [3.8, 4) is 0 Å². The predicted molar refractivity (Wildman–Crippen MR) is 126 cm³/mol. The van der Waals surface area contributed by atoms with Crippen molar-refractivity contribution in [3.63, 3.8) is 0 Å². The van der Waals surface area contributed by atoms with Gasteiger partial charge in [-0.25, -0.2) is 4.79 Å². The van der Waals surface area contributed by atoms with Gasteiger partial charge in [-0.05, 0) is 43.2 Å². The van der Waals surface area contributed by atoms with Gasteiger partial charge in [0.05, 0.1) is 13.2 Å². The molecule has 0 atom stereocenters. The van der Waals surface area contributed by atoms with E-state index in [0.29, 0.717) is 23.5 Å². The number of carbonyl (C=O) groups excluding carboxylic acids is 2. The maximum absolute atomic E-state index is 12.7. The SMILES string of the molecule is O=C(NCC1(N2CCOCC2)CCCCC1)Nc1cccc(NC(=O)c2ccccc2)c1. The van der Waals surface area contributed by atoms with E-state index in [0.717, 1.165) is 39.1 Å². The second-order valence-electron chi connectivity index (χ2n) is 8.59. The zero-order valence-electron chi connectivity index (χ0n) is 18.4. The van der Waals surface area contributed by atoms with Gasteiger partial charge in [-0.3, -0.25) is 9.69 Å². The second-order valence-corrected chi connectivity index (χ2v) is 8.59. The van der Waals surface area contributed by atoms with E-state index in [-0.39, 0.29) is 17.5 Å². The molecule has 0 bridgehead atoms. The van der Waals surface area contributed by atoms with Gasteiger partial charge in [0, 0.05) is 42.1 Å². The molecule has 2 aromatic carbocycles. The van der Waals surface area contributed by atoms with Crippen LogP contribution in [-0.2, 0) is 4.74 Å². The summed E-state index contributed by atoms with van der Waals surface area (Å²) in [5.41, 5.74) is 1.88. The summed E-state index contributed by atoms with van der Waals surface area (Å²) in [7, 11) is 0. The Labute approximate surface area is 189 Å². The summed E-state index contributed by atoms with van der Waals surface area (Å²) in [4.78, 5) is 27.6. The molecule has 0 spiro atoms. The first-order valence-corrected chi connectivity index (χ1v) is 11.5. The molecule has 3 amide bonds. The van der Waals surface area contributed by atoms with E-state index in [4.69, 9.17) is 4.74 Å². The number of nitrogens with zero attached hydrogens (tertiary/aromatic N) is 1. The van der Waals surface area contributed by atoms with Crippen LogP contribution in [0.2, 0.25) is 0 Å². The van der Waals surface area contributed by atoms with E-state index in [9.17, 15) is 9.59 Å². The van der Waals surface area contributed by atoms with Crippen LogP contribution in [0.25, 0.3) is 0 Å². The Bertz CT molecular complexity index is 906. The number of hydrogen-bond donors (Lipinski definition) is 3. The monoisotopic (exact) mass is 436 g/mol. The Morgan fingerprint density at radius 1 is 0.875 bits per heavy atom. The molecule has 1 aliphatic heterocycles. The maximum atomic E-state index is 12.7. The van der Waals surface area contributed by atoms with Crippen LogP contribution >= 0.6 is 0 Å². The van der Waals surface area contributed by atoms with Gasteiger partial charge in [0.25, 0.3) is 5.91 Å². The van der Waals surface area contributed by atoms with Gasteiger partial charge >= 0.3 is 6.03 Å². The zero-order valence-corrected chi connectivity index (χ0v) is 18.4. The number of hydrogen-bond acceptors (Lipinski definition) is 4. The number of benzene rings is 2. The standard InChI is InChI=1S/C25H32N4O3/c30-23(20-8-3-1-4-9-20)27-21-10-7-11-22(18-21)28-24(31)26-19-25(12-5-2-6-13-25)29-14-16-32-17-15-29/h1,3-4,7-11,18H,2,5-6,12-17,19H2,(H,27,30)(H2,26,28,31). The number of carbonyl (C=O) groups is 2. The van der Waals surface area contributed by atoms with Gasteiger partial charge in [0.1, 0.15) is 0 Å². The molecule has 2 fully saturated rings. The van der Waals surface area contributed by atoms with Gasteiger partial charge in [0.2, 0.25) is 0 Å². The van der Waals surface area contributed by atoms with Crippen molar-refractivity contribution in [2.75, 3.05) is 43.5 Å². The molecule has 1 heterocycles. The second kappa shape index (κ2) is 10.6. The fourth-order valence-electron chi connectivity index (χ4n) is 4.74. The molecule has 7 heteroatoms. The molecule has 2 aliphatic rings. The minimum atomic E-state index is -0.227. The number of morpholine rings is 1. The van der Waals surface area contributed by atoms with E-state index < -0.39 is 0 Å². The first-order valence-electron chi connectivity index (χ1n) is 11.5. The lowest BCUT2D eigenvalue weighted by molar-refractivity contribution is -0.0356. The maximum Gasteiger partial charge on any atom is 0.319 e. The lowest BCUT2D eigenvalue weighted by atomic mass is 9.80. The number of urea groups is 1. The van der Waals surface area contributed by atoms with E-state index in [1.54, 1.807) is 24.3 Å². The number of amides is 3. The van der Waals surface area contributed by atoms with Crippen molar-refractivity contribution in [1.82, 2.24) is 10.2 Å². The van der Waals surface area contributed by atoms with Crippen LogP contribution in [-0.4, -0.2) is 55.2 Å². The fraction of sp³-hybridized carbons (Fsp3) is 0.440. The fourth-order valence-corrected chi connectivity index (χ4v) is 4.74. The molecule has 4 rings (SSSR count). The highest BCUT2D eigenvalue weighted by molar-refractivity contribution is 6.04. The van der Waals surface area contributed by atoms with Crippen molar-refractivity contribution in [3.05, 3.63) is 60.2 Å². The summed E-state index contributed by atoms with van der Waals surface area (Å²) in [6.07, 6.45) is 5.87. The Balaban J connectivity index is 1.34. The minimum absolute atomic E-state index is 0.0187. The van der Waals surface area contributed by atoms with Crippen LogP contribution in [0.5, 0.6) is 0 Å². The normalized spacial score (nSPS) is 18.5. The molecule has 0 unspecified atom stereocenters. The van der Waals surface area contributed by atoms with Gasteiger partial charge < -0.3 is 20.7 Å². The summed E-state index contributed by atoms with van der Waals surface area (Å²) in [5, 5.41) is 8.89. The van der Waals surface area contributed by atoms with E-state index in [1.165, 1.54) is 19.3 Å². The molecule has 32 heavy (non-hydrogen) atoms. The summed E-state index contributed by atoms with van der Waals surface area (Å²) in [6.45, 7) is 3.99. The molecule has 3 N–H and O–H groups in total.